The molecule has 3 rings (SSSR count). The number of carbonyl (C=O) groups excluding carboxylic acids is 1. The summed E-state index contributed by atoms with van der Waals surface area (Å²) in [5, 5.41) is 3.08. The zero-order valence-corrected chi connectivity index (χ0v) is 16.0. The number of fused-ring (bicyclic) bond motifs is 1. The van der Waals surface area contributed by atoms with Gasteiger partial charge in [-0.05, 0) is 35.9 Å². The molecular weight excluding hydrogens is 424 g/mol. The number of aromatic nitrogens is 2. The second-order valence-electron chi connectivity index (χ2n) is 6.66. The molecule has 3 aromatic rings. The Balaban J connectivity index is 2.05. The number of rotatable bonds is 4. The van der Waals surface area contributed by atoms with Crippen molar-refractivity contribution in [3.8, 4) is 0 Å². The van der Waals surface area contributed by atoms with Crippen molar-refractivity contribution in [2.75, 3.05) is 5.32 Å². The van der Waals surface area contributed by atoms with E-state index >= 15 is 0 Å². The average molecular weight is 439 g/mol. The van der Waals surface area contributed by atoms with Crippen LogP contribution in [0.5, 0.6) is 0 Å². The van der Waals surface area contributed by atoms with Crippen LogP contribution in [0.25, 0.3) is 23.2 Å². The summed E-state index contributed by atoms with van der Waals surface area (Å²) in [4.78, 5) is 15.7. The van der Waals surface area contributed by atoms with Gasteiger partial charge in [0.05, 0.1) is 23.0 Å². The van der Waals surface area contributed by atoms with Crippen molar-refractivity contribution in [1.82, 2.24) is 9.55 Å². The highest BCUT2D eigenvalue weighted by Crippen LogP contribution is 2.36. The zero-order valence-electron chi connectivity index (χ0n) is 16.0. The molecule has 162 valence electrons. The molecular formula is C21H15F6N3O. The van der Waals surface area contributed by atoms with Crippen LogP contribution in [0.4, 0.5) is 32.0 Å². The molecule has 0 aliphatic rings. The van der Waals surface area contributed by atoms with Gasteiger partial charge < -0.3 is 9.88 Å². The molecule has 0 spiro atoms. The first-order valence-corrected chi connectivity index (χ1v) is 8.74. The fraction of sp³-hybridized carbons (Fsp3) is 0.143. The predicted octanol–water partition coefficient (Wildman–Crippen LogP) is 5.91. The molecule has 2 aromatic heterocycles. The molecule has 31 heavy (non-hydrogen) atoms. The number of hydrogen-bond donors (Lipinski definition) is 1. The molecule has 2 heterocycles. The van der Waals surface area contributed by atoms with E-state index in [1.54, 1.807) is 23.9 Å². The maximum absolute atomic E-state index is 13.0. The maximum Gasteiger partial charge on any atom is 0.416 e. The third-order valence-corrected chi connectivity index (χ3v) is 4.36. The minimum atomic E-state index is -4.93. The van der Waals surface area contributed by atoms with E-state index in [4.69, 9.17) is 0 Å². The normalized spacial score (nSPS) is 12.5. The molecule has 4 nitrogen and oxygen atoms in total. The molecule has 0 unspecified atom stereocenters. The topological polar surface area (TPSA) is 46.9 Å². The molecule has 0 saturated carbocycles. The van der Waals surface area contributed by atoms with Crippen LogP contribution in [0.2, 0.25) is 0 Å². The Morgan fingerprint density at radius 2 is 1.65 bits per heavy atom. The van der Waals surface area contributed by atoms with E-state index in [1.807, 2.05) is 0 Å². The van der Waals surface area contributed by atoms with Gasteiger partial charge in [-0.3, -0.25) is 4.79 Å². The van der Waals surface area contributed by atoms with E-state index in [9.17, 15) is 31.1 Å². The summed E-state index contributed by atoms with van der Waals surface area (Å²) in [5.41, 5.74) is -1.69. The van der Waals surface area contributed by atoms with Gasteiger partial charge in [0.15, 0.2) is 0 Å². The SMILES string of the molecule is C=CC(=O)Nc1cnc2c(c1)c(/C=C/c1cc(C(F)(F)F)cc(C(F)(F)F)c1)cn2C. The van der Waals surface area contributed by atoms with Crippen molar-refractivity contribution >= 4 is 34.8 Å². The van der Waals surface area contributed by atoms with Gasteiger partial charge in [0.1, 0.15) is 5.65 Å². The Morgan fingerprint density at radius 1 is 1.03 bits per heavy atom. The third kappa shape index (κ3) is 4.96. The van der Waals surface area contributed by atoms with Crippen LogP contribution in [0.3, 0.4) is 0 Å². The van der Waals surface area contributed by atoms with E-state index < -0.39 is 29.4 Å². The second kappa shape index (κ2) is 7.93. The molecule has 10 heteroatoms. The Bertz CT molecular complexity index is 1160. The lowest BCUT2D eigenvalue weighted by Crippen LogP contribution is -2.11. The van der Waals surface area contributed by atoms with Crippen molar-refractivity contribution in [3.63, 3.8) is 0 Å². The number of nitrogens with one attached hydrogen (secondary N) is 1. The van der Waals surface area contributed by atoms with E-state index in [0.29, 0.717) is 34.4 Å². The third-order valence-electron chi connectivity index (χ3n) is 4.36. The minimum Gasteiger partial charge on any atom is -0.335 e. The van der Waals surface area contributed by atoms with Crippen LogP contribution in [0.1, 0.15) is 22.3 Å². The highest BCUT2D eigenvalue weighted by Gasteiger charge is 2.36. The zero-order chi connectivity index (χ0) is 23.0. The fourth-order valence-corrected chi connectivity index (χ4v) is 2.95. The lowest BCUT2D eigenvalue weighted by atomic mass is 10.0. The van der Waals surface area contributed by atoms with Crippen LogP contribution < -0.4 is 5.32 Å². The summed E-state index contributed by atoms with van der Waals surface area (Å²) in [6.45, 7) is 3.34. The van der Waals surface area contributed by atoms with Crippen molar-refractivity contribution in [1.29, 1.82) is 0 Å². The number of carbonyl (C=O) groups is 1. The van der Waals surface area contributed by atoms with Crippen molar-refractivity contribution in [3.05, 3.63) is 71.6 Å². The Labute approximate surface area is 172 Å². The first kappa shape index (κ1) is 22.1. The standard InChI is InChI=1S/C21H15F6N3O/c1-3-18(31)29-16-9-17-13(11-30(2)19(17)28-10-16)5-4-12-6-14(20(22,23)24)8-15(7-12)21(25,26)27/h3-11H,1H2,2H3,(H,29,31)/b5-4+. The first-order chi connectivity index (χ1) is 14.4. The molecule has 1 aromatic carbocycles. The van der Waals surface area contributed by atoms with Crippen LogP contribution in [-0.4, -0.2) is 15.5 Å². The summed E-state index contributed by atoms with van der Waals surface area (Å²) in [6.07, 6.45) is -3.20. The molecule has 0 radical (unpaired) electrons. The monoisotopic (exact) mass is 439 g/mol. The van der Waals surface area contributed by atoms with Crippen molar-refractivity contribution in [2.24, 2.45) is 7.05 Å². The van der Waals surface area contributed by atoms with Gasteiger partial charge in [0.2, 0.25) is 5.91 Å². The number of amides is 1. The minimum absolute atomic E-state index is 0.0771. The maximum atomic E-state index is 13.0. The summed E-state index contributed by atoms with van der Waals surface area (Å²) in [5.74, 6) is -0.460. The molecule has 1 N–H and O–H groups in total. The lowest BCUT2D eigenvalue weighted by Gasteiger charge is -2.12. The summed E-state index contributed by atoms with van der Waals surface area (Å²) in [7, 11) is 1.68. The Hall–Kier alpha value is -3.56. The van der Waals surface area contributed by atoms with E-state index in [2.05, 4.69) is 16.9 Å². The van der Waals surface area contributed by atoms with Gasteiger partial charge in [-0.25, -0.2) is 4.98 Å². The van der Waals surface area contributed by atoms with Gasteiger partial charge >= 0.3 is 12.4 Å². The molecule has 0 aliphatic carbocycles. The largest absolute Gasteiger partial charge is 0.416 e. The predicted molar refractivity (Wildman–Crippen MR) is 105 cm³/mol. The van der Waals surface area contributed by atoms with Gasteiger partial charge in [-0.15, -0.1) is 0 Å². The highest BCUT2D eigenvalue weighted by atomic mass is 19.4. The Kier molecular flexibility index (Phi) is 5.66. The van der Waals surface area contributed by atoms with Crippen LogP contribution in [0.15, 0.2) is 49.3 Å². The second-order valence-corrected chi connectivity index (χ2v) is 6.66. The number of benzene rings is 1. The van der Waals surface area contributed by atoms with Crippen LogP contribution >= 0.6 is 0 Å². The number of hydrogen-bond acceptors (Lipinski definition) is 2. The number of anilines is 1. The molecule has 0 bridgehead atoms. The van der Waals surface area contributed by atoms with Crippen LogP contribution in [0, 0.1) is 0 Å². The van der Waals surface area contributed by atoms with E-state index in [0.717, 1.165) is 12.2 Å². The fourth-order valence-electron chi connectivity index (χ4n) is 2.95. The van der Waals surface area contributed by atoms with E-state index in [-0.39, 0.29) is 11.6 Å². The van der Waals surface area contributed by atoms with Gasteiger partial charge in [0.25, 0.3) is 0 Å². The molecule has 1 amide bonds. The van der Waals surface area contributed by atoms with E-state index in [1.165, 1.54) is 12.3 Å². The lowest BCUT2D eigenvalue weighted by molar-refractivity contribution is -0.143. The molecule has 0 fully saturated rings. The number of halogens is 6. The Morgan fingerprint density at radius 3 is 2.19 bits per heavy atom. The van der Waals surface area contributed by atoms with Crippen molar-refractivity contribution in [2.45, 2.75) is 12.4 Å². The quantitative estimate of drug-likeness (QED) is 0.406. The smallest absolute Gasteiger partial charge is 0.335 e. The van der Waals surface area contributed by atoms with Gasteiger partial charge in [-0.1, -0.05) is 18.7 Å². The van der Waals surface area contributed by atoms with Gasteiger partial charge in [-0.2, -0.15) is 26.3 Å². The highest BCUT2D eigenvalue weighted by molar-refractivity contribution is 6.00. The van der Waals surface area contributed by atoms with Crippen molar-refractivity contribution < 1.29 is 31.1 Å². The number of aryl methyl sites for hydroxylation is 1. The summed E-state index contributed by atoms with van der Waals surface area (Å²) in [6, 6.07) is 2.96. The number of alkyl halides is 6. The molecule has 0 atom stereocenters. The van der Waals surface area contributed by atoms with Gasteiger partial charge in [0, 0.05) is 24.2 Å². The number of pyridine rings is 1. The average Bonchev–Trinajstić information content (AvgIpc) is 3.00. The first-order valence-electron chi connectivity index (χ1n) is 8.74. The summed E-state index contributed by atoms with van der Waals surface area (Å²) < 4.78 is 79.9. The summed E-state index contributed by atoms with van der Waals surface area (Å²) >= 11 is 0. The molecule has 0 aliphatic heterocycles. The molecule has 0 saturated heterocycles. The number of nitrogens with zero attached hydrogens (tertiary/aromatic N) is 2. The van der Waals surface area contributed by atoms with Crippen LogP contribution in [-0.2, 0) is 24.2 Å².